The van der Waals surface area contributed by atoms with Gasteiger partial charge in [0.05, 0.1) is 0 Å². The van der Waals surface area contributed by atoms with Crippen LogP contribution in [0.25, 0.3) is 0 Å². The summed E-state index contributed by atoms with van der Waals surface area (Å²) in [5.74, 6) is 0. The van der Waals surface area contributed by atoms with Gasteiger partial charge in [0, 0.05) is 29.9 Å². The van der Waals surface area contributed by atoms with E-state index < -0.39 is 0 Å². The zero-order valence-corrected chi connectivity index (χ0v) is 11.2. The minimum atomic E-state index is 0.446. The van der Waals surface area contributed by atoms with Gasteiger partial charge < -0.3 is 0 Å². The van der Waals surface area contributed by atoms with E-state index in [1.807, 2.05) is 0 Å². The SMILES string of the molecule is CCC(C)N=C(C)CC(C)=NC(C)CC. The number of rotatable bonds is 6. The van der Waals surface area contributed by atoms with Crippen LogP contribution < -0.4 is 0 Å². The Balaban J connectivity index is 4.22. The highest BCUT2D eigenvalue weighted by atomic mass is 14.8. The molecule has 0 bridgehead atoms. The predicted octanol–water partition coefficient (Wildman–Crippen LogP) is 3.90. The van der Waals surface area contributed by atoms with Crippen LogP contribution in [0.3, 0.4) is 0 Å². The summed E-state index contributed by atoms with van der Waals surface area (Å²) in [6.07, 6.45) is 3.15. The summed E-state index contributed by atoms with van der Waals surface area (Å²) in [4.78, 5) is 9.21. The molecule has 0 aliphatic rings. The Bertz CT molecular complexity index is 205. The molecule has 0 saturated carbocycles. The molecule has 0 fully saturated rings. The summed E-state index contributed by atoms with van der Waals surface area (Å²) in [5, 5.41) is 0. The van der Waals surface area contributed by atoms with Crippen LogP contribution in [-0.4, -0.2) is 23.5 Å². The Morgan fingerprint density at radius 1 is 0.867 bits per heavy atom. The van der Waals surface area contributed by atoms with Crippen molar-refractivity contribution in [1.29, 1.82) is 0 Å². The first kappa shape index (κ1) is 14.3. The number of hydrogen-bond donors (Lipinski definition) is 0. The highest BCUT2D eigenvalue weighted by molar-refractivity contribution is 6.02. The van der Waals surface area contributed by atoms with Gasteiger partial charge >= 0.3 is 0 Å². The molecule has 0 aliphatic heterocycles. The molecule has 0 heterocycles. The molecule has 0 amide bonds. The molecule has 0 aliphatic carbocycles. The number of nitrogens with zero attached hydrogens (tertiary/aromatic N) is 2. The lowest BCUT2D eigenvalue weighted by molar-refractivity contribution is 0.711. The summed E-state index contributed by atoms with van der Waals surface area (Å²) < 4.78 is 0. The molecule has 2 unspecified atom stereocenters. The Hall–Kier alpha value is -0.660. The lowest BCUT2D eigenvalue weighted by atomic mass is 10.2. The molecule has 0 saturated heterocycles. The van der Waals surface area contributed by atoms with Gasteiger partial charge in [0.1, 0.15) is 0 Å². The van der Waals surface area contributed by atoms with Gasteiger partial charge in [-0.1, -0.05) is 13.8 Å². The summed E-state index contributed by atoms with van der Waals surface area (Å²) in [7, 11) is 0. The van der Waals surface area contributed by atoms with Crippen molar-refractivity contribution in [3.05, 3.63) is 0 Å². The fourth-order valence-corrected chi connectivity index (χ4v) is 1.40. The monoisotopic (exact) mass is 210 g/mol. The predicted molar refractivity (Wildman–Crippen MR) is 70.3 cm³/mol. The quantitative estimate of drug-likeness (QED) is 0.594. The largest absolute Gasteiger partial charge is 0.291 e. The van der Waals surface area contributed by atoms with E-state index in [0.717, 1.165) is 19.3 Å². The minimum Gasteiger partial charge on any atom is -0.291 e. The summed E-state index contributed by atoms with van der Waals surface area (Å²) in [5.41, 5.74) is 2.41. The van der Waals surface area contributed by atoms with E-state index in [1.54, 1.807) is 0 Å². The van der Waals surface area contributed by atoms with E-state index in [0.29, 0.717) is 12.1 Å². The van der Waals surface area contributed by atoms with Crippen LogP contribution in [0.5, 0.6) is 0 Å². The molecule has 0 aromatic rings. The van der Waals surface area contributed by atoms with Crippen molar-refractivity contribution < 1.29 is 0 Å². The molecule has 88 valence electrons. The Kier molecular flexibility index (Phi) is 7.27. The van der Waals surface area contributed by atoms with Crippen molar-refractivity contribution in [2.75, 3.05) is 0 Å². The normalized spacial score (nSPS) is 17.7. The smallest absolute Gasteiger partial charge is 0.0468 e. The molecule has 2 heteroatoms. The van der Waals surface area contributed by atoms with E-state index in [1.165, 1.54) is 11.4 Å². The van der Waals surface area contributed by atoms with Crippen LogP contribution in [-0.2, 0) is 0 Å². The van der Waals surface area contributed by atoms with Crippen LogP contribution >= 0.6 is 0 Å². The van der Waals surface area contributed by atoms with Crippen molar-refractivity contribution >= 4 is 11.4 Å². The van der Waals surface area contributed by atoms with Crippen molar-refractivity contribution in [2.45, 2.75) is 72.9 Å². The molecule has 0 spiro atoms. The highest BCUT2D eigenvalue weighted by Crippen LogP contribution is 2.02. The molecule has 0 N–H and O–H groups in total. The third-order valence-electron chi connectivity index (χ3n) is 2.57. The van der Waals surface area contributed by atoms with E-state index in [2.05, 4.69) is 51.5 Å². The van der Waals surface area contributed by atoms with Gasteiger partial charge in [-0.2, -0.15) is 0 Å². The third-order valence-corrected chi connectivity index (χ3v) is 2.57. The Morgan fingerprint density at radius 3 is 1.47 bits per heavy atom. The molecule has 15 heavy (non-hydrogen) atoms. The Morgan fingerprint density at radius 2 is 1.20 bits per heavy atom. The van der Waals surface area contributed by atoms with Gasteiger partial charge in [-0.05, 0) is 40.5 Å². The molecular weight excluding hydrogens is 184 g/mol. The van der Waals surface area contributed by atoms with Gasteiger partial charge in [0.15, 0.2) is 0 Å². The number of hydrogen-bond acceptors (Lipinski definition) is 2. The van der Waals surface area contributed by atoms with E-state index in [9.17, 15) is 0 Å². The average molecular weight is 210 g/mol. The summed E-state index contributed by atoms with van der Waals surface area (Å²) >= 11 is 0. The third kappa shape index (κ3) is 7.29. The van der Waals surface area contributed by atoms with Crippen LogP contribution in [0.15, 0.2) is 9.98 Å². The highest BCUT2D eigenvalue weighted by Gasteiger charge is 2.01. The van der Waals surface area contributed by atoms with Crippen molar-refractivity contribution in [2.24, 2.45) is 9.98 Å². The zero-order valence-electron chi connectivity index (χ0n) is 11.2. The first-order valence-electron chi connectivity index (χ1n) is 6.06. The second kappa shape index (κ2) is 7.61. The standard InChI is InChI=1S/C13H26N2/c1-7-10(3)14-12(5)9-13(6)15-11(4)8-2/h10-11H,7-9H2,1-6H3. The molecule has 0 aromatic heterocycles. The van der Waals surface area contributed by atoms with Gasteiger partial charge in [-0.25, -0.2) is 0 Å². The van der Waals surface area contributed by atoms with Crippen LogP contribution in [0.2, 0.25) is 0 Å². The average Bonchev–Trinajstić information content (AvgIpc) is 2.16. The molecule has 0 radical (unpaired) electrons. The fraction of sp³-hybridized carbons (Fsp3) is 0.846. The van der Waals surface area contributed by atoms with Crippen molar-refractivity contribution in [3.63, 3.8) is 0 Å². The zero-order chi connectivity index (χ0) is 11.8. The molecular formula is C13H26N2. The van der Waals surface area contributed by atoms with Gasteiger partial charge in [-0.15, -0.1) is 0 Å². The Labute approximate surface area is 94.9 Å². The van der Waals surface area contributed by atoms with Crippen LogP contribution in [0.1, 0.15) is 60.8 Å². The lowest BCUT2D eigenvalue weighted by Gasteiger charge is -2.07. The maximum Gasteiger partial charge on any atom is 0.0468 e. The first-order valence-corrected chi connectivity index (χ1v) is 6.06. The molecule has 0 aromatic carbocycles. The van der Waals surface area contributed by atoms with E-state index in [-0.39, 0.29) is 0 Å². The topological polar surface area (TPSA) is 24.7 Å². The van der Waals surface area contributed by atoms with Crippen LogP contribution in [0, 0.1) is 0 Å². The minimum absolute atomic E-state index is 0.446. The van der Waals surface area contributed by atoms with Gasteiger partial charge in [-0.3, -0.25) is 9.98 Å². The van der Waals surface area contributed by atoms with Crippen LogP contribution in [0.4, 0.5) is 0 Å². The molecule has 2 atom stereocenters. The van der Waals surface area contributed by atoms with Crippen molar-refractivity contribution in [3.8, 4) is 0 Å². The fourth-order valence-electron chi connectivity index (χ4n) is 1.40. The first-order chi connectivity index (χ1) is 6.99. The van der Waals surface area contributed by atoms with Gasteiger partial charge in [0.2, 0.25) is 0 Å². The molecule has 2 nitrogen and oxygen atoms in total. The summed E-state index contributed by atoms with van der Waals surface area (Å²) in [6.45, 7) is 12.8. The van der Waals surface area contributed by atoms with E-state index in [4.69, 9.17) is 0 Å². The lowest BCUT2D eigenvalue weighted by Crippen LogP contribution is -2.08. The number of aliphatic imine (C=N–C) groups is 2. The maximum atomic E-state index is 4.60. The second-order valence-corrected chi connectivity index (χ2v) is 4.42. The van der Waals surface area contributed by atoms with E-state index >= 15 is 0 Å². The second-order valence-electron chi connectivity index (χ2n) is 4.42. The summed E-state index contributed by atoms with van der Waals surface area (Å²) in [6, 6.07) is 0.891. The molecule has 0 rings (SSSR count). The van der Waals surface area contributed by atoms with Crippen molar-refractivity contribution in [1.82, 2.24) is 0 Å². The maximum absolute atomic E-state index is 4.60. The van der Waals surface area contributed by atoms with Gasteiger partial charge in [0.25, 0.3) is 0 Å².